The Balaban J connectivity index is 2.29. The Morgan fingerprint density at radius 3 is 1.61 bits per heavy atom. The van der Waals surface area contributed by atoms with Crippen molar-refractivity contribution < 1.29 is 42.9 Å². The van der Waals surface area contributed by atoms with E-state index in [1.807, 2.05) is 27.7 Å². The summed E-state index contributed by atoms with van der Waals surface area (Å²) in [4.78, 5) is 63.5. The van der Waals surface area contributed by atoms with Gasteiger partial charge in [0.25, 0.3) is 5.91 Å². The predicted octanol–water partition coefficient (Wildman–Crippen LogP) is 2.15. The monoisotopic (exact) mass is 433 g/mol. The minimum atomic E-state index is -0.793. The van der Waals surface area contributed by atoms with Crippen LogP contribution >= 0.6 is 0 Å². The van der Waals surface area contributed by atoms with Gasteiger partial charge in [-0.1, -0.05) is 0 Å². The molecule has 10 heteroatoms. The van der Waals surface area contributed by atoms with E-state index in [1.54, 1.807) is 0 Å². The van der Waals surface area contributed by atoms with Crippen LogP contribution in [0.15, 0.2) is 6.07 Å². The van der Waals surface area contributed by atoms with Gasteiger partial charge in [0.1, 0.15) is 0 Å². The summed E-state index contributed by atoms with van der Waals surface area (Å²) in [5, 5.41) is 0. The zero-order valence-electron chi connectivity index (χ0n) is 17.7. The average molecular weight is 433 g/mol. The molecule has 0 spiro atoms. The molecule has 2 heterocycles. The molecule has 0 unspecified atom stereocenters. The smallest absolute Gasteiger partial charge is 0.312 e. The van der Waals surface area contributed by atoms with Gasteiger partial charge in [0, 0.05) is 18.2 Å². The molecule has 166 valence electrons. The molecule has 0 saturated carbocycles. The van der Waals surface area contributed by atoms with E-state index in [4.69, 9.17) is 18.9 Å². The summed E-state index contributed by atoms with van der Waals surface area (Å²) in [6, 6.07) is 0.711. The third kappa shape index (κ3) is 4.68. The molecule has 3 rings (SSSR count). The van der Waals surface area contributed by atoms with Crippen molar-refractivity contribution in [3.8, 4) is 23.0 Å². The number of hydrogen-bond acceptors (Lipinski definition) is 9. The first kappa shape index (κ1) is 22.3. The number of hydrogen-bond donors (Lipinski definition) is 0. The molecular formula is C21H23NO9. The van der Waals surface area contributed by atoms with Gasteiger partial charge >= 0.3 is 23.9 Å². The van der Waals surface area contributed by atoms with E-state index in [-0.39, 0.29) is 54.8 Å². The third-order valence-corrected chi connectivity index (χ3v) is 4.67. The molecule has 0 aliphatic carbocycles. The Morgan fingerprint density at radius 1 is 0.710 bits per heavy atom. The number of carbonyl (C=O) groups excluding carboxylic acids is 5. The second-order valence-corrected chi connectivity index (χ2v) is 7.71. The lowest BCUT2D eigenvalue weighted by Gasteiger charge is -2.32. The summed E-state index contributed by atoms with van der Waals surface area (Å²) >= 11 is 0. The maximum Gasteiger partial charge on any atom is 0.312 e. The quantitative estimate of drug-likeness (QED) is 0.520. The summed E-state index contributed by atoms with van der Waals surface area (Å²) in [7, 11) is 0. The van der Waals surface area contributed by atoms with Gasteiger partial charge in [0.15, 0.2) is 11.5 Å². The summed E-state index contributed by atoms with van der Waals surface area (Å²) in [6.07, 6.45) is -1.01. The number of nitrogens with zero attached hydrogens (tertiary/aromatic N) is 1. The van der Waals surface area contributed by atoms with Crippen LogP contribution < -0.4 is 18.9 Å². The molecule has 1 aromatic carbocycles. The van der Waals surface area contributed by atoms with Gasteiger partial charge in [-0.2, -0.15) is 0 Å². The Kier molecular flexibility index (Phi) is 6.28. The lowest BCUT2D eigenvalue weighted by molar-refractivity contribution is -0.144. The van der Waals surface area contributed by atoms with Crippen LogP contribution in [0.1, 0.15) is 63.7 Å². The van der Waals surface area contributed by atoms with Crippen LogP contribution in [0, 0.1) is 0 Å². The van der Waals surface area contributed by atoms with E-state index >= 15 is 0 Å². The Hall–Kier alpha value is -3.43. The lowest BCUT2D eigenvalue weighted by Crippen LogP contribution is -2.42. The first-order chi connectivity index (χ1) is 14.6. The molecule has 0 radical (unpaired) electrons. The van der Waals surface area contributed by atoms with Crippen molar-refractivity contribution in [3.05, 3.63) is 11.6 Å². The van der Waals surface area contributed by atoms with Crippen molar-refractivity contribution in [2.75, 3.05) is 0 Å². The van der Waals surface area contributed by atoms with E-state index in [2.05, 4.69) is 0 Å². The van der Waals surface area contributed by atoms with Gasteiger partial charge in [-0.3, -0.25) is 24.0 Å². The van der Waals surface area contributed by atoms with Crippen LogP contribution in [0.2, 0.25) is 0 Å². The predicted molar refractivity (Wildman–Crippen MR) is 104 cm³/mol. The first-order valence-electron chi connectivity index (χ1n) is 9.94. The molecule has 0 atom stereocenters. The number of fused-ring (bicyclic) bond motifs is 3. The molecule has 0 bridgehead atoms. The lowest BCUT2D eigenvalue weighted by atomic mass is 10.1. The average Bonchev–Trinajstić information content (AvgIpc) is 2.65. The molecule has 1 amide bonds. The van der Waals surface area contributed by atoms with Crippen molar-refractivity contribution in [2.24, 2.45) is 0 Å². The minimum Gasteiger partial charge on any atom is -0.422 e. The van der Waals surface area contributed by atoms with Crippen molar-refractivity contribution in [1.82, 2.24) is 4.90 Å². The molecule has 0 N–H and O–H groups in total. The fourth-order valence-corrected chi connectivity index (χ4v) is 3.41. The normalized spacial score (nSPS) is 16.6. The van der Waals surface area contributed by atoms with Crippen LogP contribution in [0.25, 0.3) is 0 Å². The van der Waals surface area contributed by atoms with Gasteiger partial charge in [-0.25, -0.2) is 0 Å². The van der Waals surface area contributed by atoms with E-state index in [0.717, 1.165) is 6.07 Å². The van der Waals surface area contributed by atoms with Crippen molar-refractivity contribution >= 4 is 29.8 Å². The number of benzene rings is 1. The van der Waals surface area contributed by atoms with Crippen LogP contribution in [-0.2, 0) is 19.2 Å². The number of amides is 1. The zero-order valence-corrected chi connectivity index (χ0v) is 17.7. The summed E-state index contributed by atoms with van der Waals surface area (Å²) in [6.45, 7) is 7.23. The molecule has 0 aromatic heterocycles. The van der Waals surface area contributed by atoms with Crippen LogP contribution in [-0.4, -0.2) is 46.8 Å². The second kappa shape index (κ2) is 8.75. The highest BCUT2D eigenvalue weighted by Crippen LogP contribution is 2.49. The largest absolute Gasteiger partial charge is 0.422 e. The Bertz CT molecular complexity index is 956. The molecule has 2 aliphatic heterocycles. The number of carbonyl (C=O) groups is 5. The van der Waals surface area contributed by atoms with Gasteiger partial charge < -0.3 is 23.8 Å². The Labute approximate surface area is 178 Å². The molecular weight excluding hydrogens is 410 g/mol. The highest BCUT2D eigenvalue weighted by Gasteiger charge is 2.36. The zero-order chi connectivity index (χ0) is 22.9. The number of esters is 4. The Morgan fingerprint density at radius 2 is 1.13 bits per heavy atom. The molecule has 1 aromatic rings. The fraction of sp³-hybridized carbons (Fsp3) is 0.476. The van der Waals surface area contributed by atoms with E-state index < -0.39 is 41.3 Å². The van der Waals surface area contributed by atoms with Gasteiger partial charge in [-0.05, 0) is 27.7 Å². The molecule has 2 aliphatic rings. The summed E-state index contributed by atoms with van der Waals surface area (Å²) in [5.74, 6) is -5.08. The molecule has 0 saturated heterocycles. The van der Waals surface area contributed by atoms with Crippen molar-refractivity contribution in [3.63, 3.8) is 0 Å². The van der Waals surface area contributed by atoms with E-state index in [0.29, 0.717) is 0 Å². The summed E-state index contributed by atoms with van der Waals surface area (Å²) < 4.78 is 21.2. The second-order valence-electron chi connectivity index (χ2n) is 7.71. The maximum atomic E-state index is 13.4. The highest BCUT2D eigenvalue weighted by molar-refractivity contribution is 6.02. The first-order valence-corrected chi connectivity index (χ1v) is 9.94. The molecule has 10 nitrogen and oxygen atoms in total. The van der Waals surface area contributed by atoms with Crippen molar-refractivity contribution in [1.29, 1.82) is 0 Å². The van der Waals surface area contributed by atoms with Gasteiger partial charge in [-0.15, -0.1) is 0 Å². The number of ether oxygens (including phenoxy) is 4. The van der Waals surface area contributed by atoms with Crippen LogP contribution in [0.4, 0.5) is 0 Å². The fourth-order valence-electron chi connectivity index (χ4n) is 3.41. The van der Waals surface area contributed by atoms with Gasteiger partial charge in [0.2, 0.25) is 11.5 Å². The third-order valence-electron chi connectivity index (χ3n) is 4.67. The van der Waals surface area contributed by atoms with E-state index in [9.17, 15) is 24.0 Å². The molecule has 0 fully saturated rings. The highest BCUT2D eigenvalue weighted by atomic mass is 16.6. The van der Waals surface area contributed by atoms with Crippen LogP contribution in [0.3, 0.4) is 0 Å². The SMILES string of the molecule is CC(C)N(C(=O)c1cc2c(c3c1OC(=O)CCC(=O)O3)OC(=O)CCC(=O)O2)C(C)C. The topological polar surface area (TPSA) is 126 Å². The molecule has 31 heavy (non-hydrogen) atoms. The van der Waals surface area contributed by atoms with Gasteiger partial charge in [0.05, 0.1) is 31.2 Å². The maximum absolute atomic E-state index is 13.4. The van der Waals surface area contributed by atoms with Crippen LogP contribution in [0.5, 0.6) is 23.0 Å². The van der Waals surface area contributed by atoms with E-state index in [1.165, 1.54) is 4.90 Å². The summed E-state index contributed by atoms with van der Waals surface area (Å²) in [5.41, 5.74) is -0.163. The van der Waals surface area contributed by atoms with Crippen molar-refractivity contribution in [2.45, 2.75) is 65.5 Å². The number of rotatable bonds is 3. The minimum absolute atomic E-state index is 0.163. The standard InChI is InChI=1S/C21H23NO9/c1-10(2)22(11(3)4)21(27)12-9-13-19(30-16(25)6-5-14(23)28-13)20-18(12)29-15(24)7-8-17(26)31-20/h9-11H,5-8H2,1-4H3.